The summed E-state index contributed by atoms with van der Waals surface area (Å²) >= 11 is 0. The van der Waals surface area contributed by atoms with E-state index in [9.17, 15) is 17.6 Å². The van der Waals surface area contributed by atoms with Crippen LogP contribution >= 0.6 is 0 Å². The topological polar surface area (TPSA) is 82.6 Å². The molecule has 1 amide bonds. The van der Waals surface area contributed by atoms with E-state index >= 15 is 0 Å². The zero-order chi connectivity index (χ0) is 22.6. The molecule has 0 radical (unpaired) electrons. The zero-order valence-corrected chi connectivity index (χ0v) is 18.1. The van der Waals surface area contributed by atoms with Crippen molar-refractivity contribution in [1.29, 1.82) is 0 Å². The SMILES string of the molecule is O=C(Cc1ccc(NS(=O)(=O)c2ccc(F)cc2)cc1)N1CCN(c2ccccn2)CC1. The maximum Gasteiger partial charge on any atom is 0.261 e. The lowest BCUT2D eigenvalue weighted by molar-refractivity contribution is -0.130. The fourth-order valence-electron chi connectivity index (χ4n) is 3.53. The normalized spacial score (nSPS) is 14.3. The number of nitrogens with one attached hydrogen (secondary N) is 1. The Morgan fingerprint density at radius 3 is 2.25 bits per heavy atom. The summed E-state index contributed by atoms with van der Waals surface area (Å²) < 4.78 is 40.3. The second kappa shape index (κ2) is 9.35. The second-order valence-electron chi connectivity index (χ2n) is 7.49. The highest BCUT2D eigenvalue weighted by atomic mass is 32.2. The summed E-state index contributed by atoms with van der Waals surface area (Å²) in [6.45, 7) is 2.72. The average molecular weight is 455 g/mol. The van der Waals surface area contributed by atoms with Crippen molar-refractivity contribution in [3.05, 3.63) is 84.3 Å². The molecule has 1 saturated heterocycles. The molecule has 1 fully saturated rings. The molecule has 4 rings (SSSR count). The second-order valence-corrected chi connectivity index (χ2v) is 9.17. The Morgan fingerprint density at radius 1 is 0.938 bits per heavy atom. The number of anilines is 2. The van der Waals surface area contributed by atoms with Crippen LogP contribution in [-0.4, -0.2) is 50.4 Å². The first-order valence-electron chi connectivity index (χ1n) is 10.2. The quantitative estimate of drug-likeness (QED) is 0.619. The summed E-state index contributed by atoms with van der Waals surface area (Å²) in [4.78, 5) is 21.0. The number of aromatic nitrogens is 1. The Balaban J connectivity index is 1.32. The minimum Gasteiger partial charge on any atom is -0.353 e. The Hall–Kier alpha value is -3.46. The number of hydrogen-bond donors (Lipinski definition) is 1. The van der Waals surface area contributed by atoms with Gasteiger partial charge in [0.25, 0.3) is 10.0 Å². The first-order valence-corrected chi connectivity index (χ1v) is 11.7. The summed E-state index contributed by atoms with van der Waals surface area (Å²) in [5, 5.41) is 0. The number of carbonyl (C=O) groups is 1. The highest BCUT2D eigenvalue weighted by Gasteiger charge is 2.22. The molecule has 0 saturated carbocycles. The zero-order valence-electron chi connectivity index (χ0n) is 17.3. The summed E-state index contributed by atoms with van der Waals surface area (Å²) in [6.07, 6.45) is 2.00. The van der Waals surface area contributed by atoms with Crippen molar-refractivity contribution in [2.24, 2.45) is 0 Å². The predicted molar refractivity (Wildman–Crippen MR) is 120 cm³/mol. The van der Waals surface area contributed by atoms with Crippen LogP contribution in [0.1, 0.15) is 5.56 Å². The Morgan fingerprint density at radius 2 is 1.62 bits per heavy atom. The summed E-state index contributed by atoms with van der Waals surface area (Å²) in [7, 11) is -3.81. The number of amides is 1. The van der Waals surface area contributed by atoms with Gasteiger partial charge in [-0.25, -0.2) is 17.8 Å². The smallest absolute Gasteiger partial charge is 0.261 e. The van der Waals surface area contributed by atoms with Gasteiger partial charge in [0.1, 0.15) is 11.6 Å². The van der Waals surface area contributed by atoms with Gasteiger partial charge in [-0.15, -0.1) is 0 Å². The van der Waals surface area contributed by atoms with E-state index in [1.165, 1.54) is 12.1 Å². The molecule has 0 atom stereocenters. The molecule has 0 aliphatic carbocycles. The molecule has 3 aromatic rings. The number of halogens is 1. The number of rotatable bonds is 6. The van der Waals surface area contributed by atoms with Gasteiger partial charge in [0, 0.05) is 38.1 Å². The van der Waals surface area contributed by atoms with E-state index in [-0.39, 0.29) is 17.2 Å². The molecule has 2 heterocycles. The molecule has 0 spiro atoms. The lowest BCUT2D eigenvalue weighted by atomic mass is 10.1. The largest absolute Gasteiger partial charge is 0.353 e. The van der Waals surface area contributed by atoms with Crippen LogP contribution in [-0.2, 0) is 21.2 Å². The van der Waals surface area contributed by atoms with Gasteiger partial charge in [-0.05, 0) is 54.1 Å². The first-order chi connectivity index (χ1) is 15.4. The monoisotopic (exact) mass is 454 g/mol. The molecule has 1 aliphatic rings. The van der Waals surface area contributed by atoms with E-state index in [0.717, 1.165) is 36.6 Å². The minimum absolute atomic E-state index is 0.0250. The van der Waals surface area contributed by atoms with Crippen LogP contribution in [0.4, 0.5) is 15.9 Å². The van der Waals surface area contributed by atoms with E-state index in [0.29, 0.717) is 18.8 Å². The summed E-state index contributed by atoms with van der Waals surface area (Å²) in [5.41, 5.74) is 1.17. The van der Waals surface area contributed by atoms with Crippen LogP contribution < -0.4 is 9.62 Å². The minimum atomic E-state index is -3.81. The highest BCUT2D eigenvalue weighted by Crippen LogP contribution is 2.18. The van der Waals surface area contributed by atoms with E-state index in [1.54, 1.807) is 30.5 Å². The molecular formula is C23H23FN4O3S. The van der Waals surface area contributed by atoms with Gasteiger partial charge in [-0.1, -0.05) is 18.2 Å². The van der Waals surface area contributed by atoms with Crippen molar-refractivity contribution in [3.63, 3.8) is 0 Å². The van der Waals surface area contributed by atoms with Crippen molar-refractivity contribution in [2.75, 3.05) is 35.8 Å². The van der Waals surface area contributed by atoms with Crippen molar-refractivity contribution in [1.82, 2.24) is 9.88 Å². The molecule has 0 unspecified atom stereocenters. The number of carbonyl (C=O) groups excluding carboxylic acids is 1. The third-order valence-corrected chi connectivity index (χ3v) is 6.69. The van der Waals surface area contributed by atoms with Crippen molar-refractivity contribution < 1.29 is 17.6 Å². The fraction of sp³-hybridized carbons (Fsp3) is 0.217. The lowest BCUT2D eigenvalue weighted by Gasteiger charge is -2.35. The number of hydrogen-bond acceptors (Lipinski definition) is 5. The molecule has 2 aromatic carbocycles. The Kier molecular flexibility index (Phi) is 6.36. The van der Waals surface area contributed by atoms with Gasteiger partial charge in [-0.3, -0.25) is 9.52 Å². The van der Waals surface area contributed by atoms with Gasteiger partial charge in [0.15, 0.2) is 0 Å². The standard InChI is InChI=1S/C23H23FN4O3S/c24-19-6-10-21(11-7-19)32(30,31)26-20-8-4-18(5-9-20)17-23(29)28-15-13-27(14-16-28)22-3-1-2-12-25-22/h1-12,26H,13-17H2. The van der Waals surface area contributed by atoms with Gasteiger partial charge in [0.2, 0.25) is 5.91 Å². The summed E-state index contributed by atoms with van der Waals surface area (Å²) in [5.74, 6) is 0.444. The van der Waals surface area contributed by atoms with Gasteiger partial charge < -0.3 is 9.80 Å². The summed E-state index contributed by atoms with van der Waals surface area (Å²) in [6, 6.07) is 17.1. The Bertz CT molecular complexity index is 1160. The van der Waals surface area contributed by atoms with Crippen LogP contribution in [0.5, 0.6) is 0 Å². The maximum atomic E-state index is 13.0. The highest BCUT2D eigenvalue weighted by molar-refractivity contribution is 7.92. The van der Waals surface area contributed by atoms with E-state index in [1.807, 2.05) is 23.1 Å². The third kappa shape index (κ3) is 5.23. The fourth-order valence-corrected chi connectivity index (χ4v) is 4.59. The van der Waals surface area contributed by atoms with Crippen LogP contribution in [0, 0.1) is 5.82 Å². The molecular weight excluding hydrogens is 431 g/mol. The van der Waals surface area contributed by atoms with Crippen molar-refractivity contribution in [2.45, 2.75) is 11.3 Å². The van der Waals surface area contributed by atoms with Crippen molar-refractivity contribution in [3.8, 4) is 0 Å². The van der Waals surface area contributed by atoms with E-state index < -0.39 is 15.8 Å². The molecule has 0 bridgehead atoms. The van der Waals surface area contributed by atoms with E-state index in [4.69, 9.17) is 0 Å². The van der Waals surface area contributed by atoms with Crippen LogP contribution in [0.3, 0.4) is 0 Å². The molecule has 1 N–H and O–H groups in total. The number of sulfonamides is 1. The van der Waals surface area contributed by atoms with Crippen LogP contribution in [0.2, 0.25) is 0 Å². The van der Waals surface area contributed by atoms with E-state index in [2.05, 4.69) is 14.6 Å². The first kappa shape index (κ1) is 21.8. The Labute approximate surface area is 186 Å². The average Bonchev–Trinajstić information content (AvgIpc) is 2.81. The third-order valence-electron chi connectivity index (χ3n) is 5.29. The number of benzene rings is 2. The van der Waals surface area contributed by atoms with Crippen LogP contribution in [0.25, 0.3) is 0 Å². The molecule has 32 heavy (non-hydrogen) atoms. The maximum absolute atomic E-state index is 13.0. The molecule has 1 aliphatic heterocycles. The number of nitrogens with zero attached hydrogens (tertiary/aromatic N) is 3. The van der Waals surface area contributed by atoms with Gasteiger partial charge in [-0.2, -0.15) is 0 Å². The number of pyridine rings is 1. The molecule has 7 nitrogen and oxygen atoms in total. The number of piperazine rings is 1. The van der Waals surface area contributed by atoms with Crippen molar-refractivity contribution >= 4 is 27.4 Å². The molecule has 1 aromatic heterocycles. The van der Waals surface area contributed by atoms with Crippen LogP contribution in [0.15, 0.2) is 77.8 Å². The predicted octanol–water partition coefficient (Wildman–Crippen LogP) is 2.91. The molecule has 9 heteroatoms. The molecule has 166 valence electrons. The lowest BCUT2D eigenvalue weighted by Crippen LogP contribution is -2.49. The van der Waals surface area contributed by atoms with Gasteiger partial charge >= 0.3 is 0 Å². The van der Waals surface area contributed by atoms with Gasteiger partial charge in [0.05, 0.1) is 11.3 Å².